The molecule has 0 radical (unpaired) electrons. The van der Waals surface area contributed by atoms with Crippen molar-refractivity contribution in [1.29, 1.82) is 0 Å². The number of hydrogen-bond donors (Lipinski definition) is 3. The van der Waals surface area contributed by atoms with Gasteiger partial charge in [-0.05, 0) is 17.9 Å². The van der Waals surface area contributed by atoms with E-state index in [1.54, 1.807) is 12.1 Å². The summed E-state index contributed by atoms with van der Waals surface area (Å²) in [5.74, 6) is -1.17. The normalized spacial score (nSPS) is 13.1. The van der Waals surface area contributed by atoms with E-state index in [1.807, 2.05) is 32.0 Å². The molecule has 1 unspecified atom stereocenters. The molecule has 1 amide bonds. The molecule has 1 aromatic rings. The number of benzene rings is 1. The van der Waals surface area contributed by atoms with Crippen LogP contribution in [0.1, 0.15) is 25.8 Å². The molecular formula is C13H20NO5P. The molecule has 0 aliphatic heterocycles. The molecule has 6 nitrogen and oxygen atoms in total. The maximum Gasteiger partial charge on any atom is 0.408 e. The van der Waals surface area contributed by atoms with Gasteiger partial charge in [0.1, 0.15) is 12.4 Å². The summed E-state index contributed by atoms with van der Waals surface area (Å²) in [4.78, 5) is 30.0. The van der Waals surface area contributed by atoms with Crippen LogP contribution in [0, 0.1) is 5.92 Å². The van der Waals surface area contributed by atoms with E-state index < -0.39 is 19.5 Å². The Morgan fingerprint density at radius 3 is 2.40 bits per heavy atom. The van der Waals surface area contributed by atoms with Crippen molar-refractivity contribution < 1.29 is 23.9 Å². The molecule has 0 aliphatic rings. The Bertz CT molecular complexity index is 471. The topological polar surface area (TPSA) is 95.9 Å². The molecule has 0 heterocycles. The van der Waals surface area contributed by atoms with Crippen molar-refractivity contribution in [1.82, 2.24) is 5.32 Å². The fourth-order valence-electron chi connectivity index (χ4n) is 1.63. The molecule has 1 aromatic carbocycles. The molecule has 0 fully saturated rings. The van der Waals surface area contributed by atoms with Crippen LogP contribution in [-0.2, 0) is 15.9 Å². The van der Waals surface area contributed by atoms with Crippen LogP contribution in [0.5, 0.6) is 0 Å². The van der Waals surface area contributed by atoms with Gasteiger partial charge in [-0.2, -0.15) is 0 Å². The summed E-state index contributed by atoms with van der Waals surface area (Å²) in [6.07, 6.45) is -0.645. The van der Waals surface area contributed by atoms with Crippen molar-refractivity contribution in [2.24, 2.45) is 5.92 Å². The Morgan fingerprint density at radius 2 is 1.90 bits per heavy atom. The van der Waals surface area contributed by atoms with E-state index in [9.17, 15) is 19.1 Å². The highest BCUT2D eigenvalue weighted by molar-refractivity contribution is 7.52. The Hall–Kier alpha value is -1.36. The second-order valence-electron chi connectivity index (χ2n) is 4.94. The van der Waals surface area contributed by atoms with Crippen LogP contribution in [-0.4, -0.2) is 21.7 Å². The summed E-state index contributed by atoms with van der Waals surface area (Å²) in [7, 11) is -4.39. The lowest BCUT2D eigenvalue weighted by molar-refractivity contribution is 0.136. The highest BCUT2D eigenvalue weighted by atomic mass is 31.2. The third kappa shape index (κ3) is 6.19. The first-order chi connectivity index (χ1) is 9.29. The van der Waals surface area contributed by atoms with E-state index in [0.29, 0.717) is 0 Å². The predicted molar refractivity (Wildman–Crippen MR) is 75.0 cm³/mol. The number of carbonyl (C=O) groups excluding carboxylic acids is 1. The maximum atomic E-state index is 11.6. The van der Waals surface area contributed by atoms with Crippen molar-refractivity contribution in [3.05, 3.63) is 35.9 Å². The first-order valence-electron chi connectivity index (χ1n) is 6.31. The fraction of sp³-hybridized carbons (Fsp3) is 0.462. The molecule has 112 valence electrons. The van der Waals surface area contributed by atoms with Gasteiger partial charge >= 0.3 is 13.7 Å². The molecule has 3 N–H and O–H groups in total. The van der Waals surface area contributed by atoms with Gasteiger partial charge < -0.3 is 19.8 Å². The molecule has 0 saturated carbocycles. The van der Waals surface area contributed by atoms with E-state index >= 15 is 0 Å². The van der Waals surface area contributed by atoms with Gasteiger partial charge in [0, 0.05) is 0 Å². The first-order valence-corrected chi connectivity index (χ1v) is 7.99. The zero-order valence-corrected chi connectivity index (χ0v) is 12.4. The fourth-order valence-corrected chi connectivity index (χ4v) is 2.60. The van der Waals surface area contributed by atoms with Gasteiger partial charge in [0.25, 0.3) is 0 Å². The minimum atomic E-state index is -4.39. The van der Waals surface area contributed by atoms with Crippen LogP contribution in [0.3, 0.4) is 0 Å². The van der Waals surface area contributed by atoms with Gasteiger partial charge in [-0.1, -0.05) is 44.2 Å². The van der Waals surface area contributed by atoms with E-state index in [0.717, 1.165) is 5.56 Å². The average Bonchev–Trinajstić information content (AvgIpc) is 2.35. The third-order valence-corrected chi connectivity index (χ3v) is 3.75. The van der Waals surface area contributed by atoms with Crippen LogP contribution in [0.4, 0.5) is 4.79 Å². The van der Waals surface area contributed by atoms with Crippen LogP contribution in [0.15, 0.2) is 30.3 Å². The van der Waals surface area contributed by atoms with Crippen LogP contribution in [0.2, 0.25) is 0 Å². The zero-order chi connectivity index (χ0) is 15.2. The van der Waals surface area contributed by atoms with Crippen LogP contribution >= 0.6 is 7.60 Å². The van der Waals surface area contributed by atoms with E-state index in [-0.39, 0.29) is 18.9 Å². The minimum absolute atomic E-state index is 0.0436. The zero-order valence-electron chi connectivity index (χ0n) is 11.5. The van der Waals surface area contributed by atoms with Crippen molar-refractivity contribution in [2.45, 2.75) is 32.7 Å². The Kier molecular flexibility index (Phi) is 6.20. The van der Waals surface area contributed by atoms with Crippen molar-refractivity contribution in [2.75, 3.05) is 0 Å². The third-order valence-electron chi connectivity index (χ3n) is 2.60. The van der Waals surface area contributed by atoms with E-state index in [4.69, 9.17) is 4.74 Å². The lowest BCUT2D eigenvalue weighted by atomic mass is 10.1. The Balaban J connectivity index is 2.52. The van der Waals surface area contributed by atoms with Gasteiger partial charge in [0.05, 0.1) is 0 Å². The number of rotatable bonds is 6. The summed E-state index contributed by atoms with van der Waals surface area (Å²) in [5.41, 5.74) is 0.805. The van der Waals surface area contributed by atoms with Crippen LogP contribution in [0.25, 0.3) is 0 Å². The molecule has 1 rings (SSSR count). The monoisotopic (exact) mass is 301 g/mol. The number of nitrogens with one attached hydrogen (secondary N) is 1. The smallest absolute Gasteiger partial charge is 0.408 e. The molecule has 1 atom stereocenters. The molecule has 0 aromatic heterocycles. The molecule has 0 aliphatic carbocycles. The minimum Gasteiger partial charge on any atom is -0.445 e. The van der Waals surface area contributed by atoms with Crippen LogP contribution < -0.4 is 5.32 Å². The molecule has 0 bridgehead atoms. The lowest BCUT2D eigenvalue weighted by Crippen LogP contribution is -2.36. The molecule has 20 heavy (non-hydrogen) atoms. The van der Waals surface area contributed by atoms with Crippen molar-refractivity contribution in [3.63, 3.8) is 0 Å². The summed E-state index contributed by atoms with van der Waals surface area (Å²) < 4.78 is 16.2. The largest absolute Gasteiger partial charge is 0.445 e. The number of ether oxygens (including phenoxy) is 1. The standard InChI is InChI=1S/C13H20NO5P/c1-10(2)8-12(20(16,17)18)14-13(15)19-9-11-6-4-3-5-7-11/h3-7,10,12H,8-9H2,1-2H3,(H,14,15)(H2,16,17,18). The molecular weight excluding hydrogens is 281 g/mol. The predicted octanol–water partition coefficient (Wildman–Crippen LogP) is 2.46. The SMILES string of the molecule is CC(C)CC(NC(=O)OCc1ccccc1)P(=O)(O)O. The highest BCUT2D eigenvalue weighted by Crippen LogP contribution is 2.42. The van der Waals surface area contributed by atoms with Gasteiger partial charge in [-0.25, -0.2) is 4.79 Å². The maximum absolute atomic E-state index is 11.6. The Labute approximate surface area is 118 Å². The summed E-state index contributed by atoms with van der Waals surface area (Å²) in [5, 5.41) is 2.23. The second kappa shape index (κ2) is 7.43. The van der Waals surface area contributed by atoms with Gasteiger partial charge in [-0.15, -0.1) is 0 Å². The van der Waals surface area contributed by atoms with Gasteiger partial charge in [0.2, 0.25) is 0 Å². The lowest BCUT2D eigenvalue weighted by Gasteiger charge is -2.21. The van der Waals surface area contributed by atoms with Gasteiger partial charge in [0.15, 0.2) is 0 Å². The number of carbonyl (C=O) groups is 1. The quantitative estimate of drug-likeness (QED) is 0.701. The van der Waals surface area contributed by atoms with E-state index in [1.165, 1.54) is 0 Å². The molecule has 0 spiro atoms. The van der Waals surface area contributed by atoms with Crippen molar-refractivity contribution in [3.8, 4) is 0 Å². The summed E-state index contributed by atoms with van der Waals surface area (Å²) in [6, 6.07) is 9.06. The number of amides is 1. The highest BCUT2D eigenvalue weighted by Gasteiger charge is 2.31. The summed E-state index contributed by atoms with van der Waals surface area (Å²) in [6.45, 7) is 3.70. The number of alkyl carbamates (subject to hydrolysis) is 1. The second-order valence-corrected chi connectivity index (χ2v) is 6.74. The molecule has 7 heteroatoms. The number of hydrogen-bond acceptors (Lipinski definition) is 3. The van der Waals surface area contributed by atoms with Crippen molar-refractivity contribution >= 4 is 13.7 Å². The summed E-state index contributed by atoms with van der Waals surface area (Å²) >= 11 is 0. The first kappa shape index (κ1) is 16.7. The molecule has 0 saturated heterocycles. The Morgan fingerprint density at radius 1 is 1.30 bits per heavy atom. The van der Waals surface area contributed by atoms with Gasteiger partial charge in [-0.3, -0.25) is 4.57 Å². The average molecular weight is 301 g/mol. The van der Waals surface area contributed by atoms with E-state index in [2.05, 4.69) is 5.32 Å².